The first-order valence-electron chi connectivity index (χ1n) is 20.5. The highest BCUT2D eigenvalue weighted by atomic mass is 16.3. The summed E-state index contributed by atoms with van der Waals surface area (Å²) in [5.74, 6) is 0.872. The number of benzene rings is 10. The van der Waals surface area contributed by atoms with Crippen LogP contribution >= 0.6 is 0 Å². The van der Waals surface area contributed by atoms with E-state index in [-0.39, 0.29) is 0 Å². The fourth-order valence-electron chi connectivity index (χ4n) is 8.60. The first kappa shape index (κ1) is 35.2. The van der Waals surface area contributed by atoms with Crippen molar-refractivity contribution in [1.82, 2.24) is 0 Å². The Labute approximate surface area is 349 Å². The van der Waals surface area contributed by atoms with E-state index in [9.17, 15) is 0 Å². The molecule has 11 rings (SSSR count). The number of hydrogen-bond acceptors (Lipinski definition) is 2. The van der Waals surface area contributed by atoms with Gasteiger partial charge in [-0.1, -0.05) is 176 Å². The molecule has 0 aliphatic carbocycles. The maximum atomic E-state index is 6.22. The quantitative estimate of drug-likeness (QED) is 0.143. The van der Waals surface area contributed by atoms with E-state index in [1.165, 1.54) is 54.9 Å². The fourth-order valence-corrected chi connectivity index (χ4v) is 8.60. The summed E-state index contributed by atoms with van der Waals surface area (Å²) in [4.78, 5) is 2.35. The zero-order valence-electron chi connectivity index (χ0n) is 32.9. The molecular formula is C58H39NO. The van der Waals surface area contributed by atoms with Gasteiger partial charge in [-0.3, -0.25) is 0 Å². The van der Waals surface area contributed by atoms with Crippen LogP contribution in [0.2, 0.25) is 0 Å². The molecular weight excluding hydrogens is 727 g/mol. The predicted octanol–water partition coefficient (Wildman–Crippen LogP) is 16.5. The van der Waals surface area contributed by atoms with Gasteiger partial charge in [0.25, 0.3) is 0 Å². The number of furan rings is 1. The first-order chi connectivity index (χ1) is 29.7. The van der Waals surface area contributed by atoms with Crippen LogP contribution in [0.4, 0.5) is 17.1 Å². The van der Waals surface area contributed by atoms with E-state index in [0.29, 0.717) is 0 Å². The zero-order chi connectivity index (χ0) is 39.8. The molecule has 10 aromatic carbocycles. The van der Waals surface area contributed by atoms with Crippen molar-refractivity contribution in [3.63, 3.8) is 0 Å². The van der Waals surface area contributed by atoms with E-state index in [1.54, 1.807) is 0 Å². The average Bonchev–Trinajstić information content (AvgIpc) is 3.77. The first-order valence-corrected chi connectivity index (χ1v) is 20.5. The van der Waals surface area contributed by atoms with Crippen molar-refractivity contribution in [2.24, 2.45) is 0 Å². The van der Waals surface area contributed by atoms with Crippen LogP contribution in [0.15, 0.2) is 241 Å². The summed E-state index contributed by atoms with van der Waals surface area (Å²) in [5.41, 5.74) is 14.7. The molecule has 0 saturated carbocycles. The number of fused-ring (bicyclic) bond motifs is 4. The minimum absolute atomic E-state index is 0.872. The molecule has 2 heteroatoms. The topological polar surface area (TPSA) is 16.4 Å². The van der Waals surface area contributed by atoms with E-state index >= 15 is 0 Å². The summed E-state index contributed by atoms with van der Waals surface area (Å²) < 4.78 is 6.22. The molecule has 0 aliphatic heterocycles. The third kappa shape index (κ3) is 6.61. The molecule has 0 saturated heterocycles. The van der Waals surface area contributed by atoms with Gasteiger partial charge in [-0.15, -0.1) is 0 Å². The van der Waals surface area contributed by atoms with Crippen LogP contribution in [0.5, 0.6) is 0 Å². The molecule has 0 N–H and O–H groups in total. The third-order valence-electron chi connectivity index (χ3n) is 11.7. The summed E-state index contributed by atoms with van der Waals surface area (Å²) in [7, 11) is 0. The average molecular weight is 766 g/mol. The van der Waals surface area contributed by atoms with Crippen molar-refractivity contribution in [3.05, 3.63) is 237 Å². The molecule has 11 aromatic rings. The Morgan fingerprint density at radius 2 is 0.717 bits per heavy atom. The Balaban J connectivity index is 0.953. The lowest BCUT2D eigenvalue weighted by Gasteiger charge is -2.26. The van der Waals surface area contributed by atoms with Crippen LogP contribution in [0.25, 0.3) is 88.3 Å². The Bertz CT molecular complexity index is 3240. The third-order valence-corrected chi connectivity index (χ3v) is 11.7. The zero-order valence-corrected chi connectivity index (χ0v) is 32.9. The summed E-state index contributed by atoms with van der Waals surface area (Å²) in [6.45, 7) is 0. The van der Waals surface area contributed by atoms with E-state index < -0.39 is 0 Å². The van der Waals surface area contributed by atoms with Crippen molar-refractivity contribution in [3.8, 4) is 55.8 Å². The second-order valence-corrected chi connectivity index (χ2v) is 15.3. The minimum Gasteiger partial charge on any atom is -0.456 e. The van der Waals surface area contributed by atoms with Gasteiger partial charge in [-0.05, 0) is 127 Å². The van der Waals surface area contributed by atoms with Crippen molar-refractivity contribution in [1.29, 1.82) is 0 Å². The molecule has 1 aromatic heterocycles. The number of hydrogen-bond donors (Lipinski definition) is 0. The molecule has 0 fully saturated rings. The maximum Gasteiger partial charge on any atom is 0.135 e. The van der Waals surface area contributed by atoms with Gasteiger partial charge in [-0.25, -0.2) is 0 Å². The van der Waals surface area contributed by atoms with E-state index in [4.69, 9.17) is 4.42 Å². The summed E-state index contributed by atoms with van der Waals surface area (Å²) in [5, 5.41) is 6.16. The van der Waals surface area contributed by atoms with Crippen LogP contribution in [0, 0.1) is 0 Å². The monoisotopic (exact) mass is 765 g/mol. The van der Waals surface area contributed by atoms with Crippen LogP contribution in [0.1, 0.15) is 0 Å². The molecule has 282 valence electrons. The largest absolute Gasteiger partial charge is 0.456 e. The summed E-state index contributed by atoms with van der Waals surface area (Å²) in [6, 6.07) is 84.8. The van der Waals surface area contributed by atoms with Gasteiger partial charge >= 0.3 is 0 Å². The van der Waals surface area contributed by atoms with Gasteiger partial charge in [0.15, 0.2) is 0 Å². The fraction of sp³-hybridized carbons (Fsp3) is 0. The van der Waals surface area contributed by atoms with Crippen LogP contribution in [0.3, 0.4) is 0 Å². The Hall–Kier alpha value is -7.94. The highest BCUT2D eigenvalue weighted by Crippen LogP contribution is 2.40. The summed E-state index contributed by atoms with van der Waals surface area (Å²) in [6.07, 6.45) is 0. The molecule has 0 atom stereocenters. The van der Waals surface area contributed by atoms with Crippen LogP contribution in [-0.4, -0.2) is 0 Å². The van der Waals surface area contributed by atoms with Gasteiger partial charge < -0.3 is 9.32 Å². The summed E-state index contributed by atoms with van der Waals surface area (Å²) >= 11 is 0. The lowest BCUT2D eigenvalue weighted by molar-refractivity contribution is 0.631. The smallest absolute Gasteiger partial charge is 0.135 e. The van der Waals surface area contributed by atoms with E-state index in [1.807, 2.05) is 18.2 Å². The molecule has 0 radical (unpaired) electrons. The number of anilines is 3. The molecule has 60 heavy (non-hydrogen) atoms. The Kier molecular flexibility index (Phi) is 8.87. The second-order valence-electron chi connectivity index (χ2n) is 15.3. The maximum absolute atomic E-state index is 6.22. The van der Waals surface area contributed by atoms with Gasteiger partial charge in [0.05, 0.1) is 0 Å². The molecule has 0 unspecified atom stereocenters. The normalized spacial score (nSPS) is 11.3. The molecule has 0 aliphatic rings. The van der Waals surface area contributed by atoms with Gasteiger partial charge in [0, 0.05) is 28.0 Å². The highest BCUT2D eigenvalue weighted by molar-refractivity contribution is 6.13. The van der Waals surface area contributed by atoms with E-state index in [2.05, 4.69) is 223 Å². The van der Waals surface area contributed by atoms with E-state index in [0.717, 1.165) is 50.5 Å². The number of rotatable bonds is 8. The highest BCUT2D eigenvalue weighted by Gasteiger charge is 2.16. The molecule has 2 nitrogen and oxygen atoms in total. The Morgan fingerprint density at radius 3 is 1.35 bits per heavy atom. The van der Waals surface area contributed by atoms with Gasteiger partial charge in [0.1, 0.15) is 11.3 Å². The SMILES string of the molecule is c1ccc(-c2ccc(-c3ccc(N(c4ccc(-c5cccc(-c6cc7ccccc7o6)c5)cc4)c4ccc(-c5cc6ccccc6c6ccccc56)cc4)cc3)cc2)cc1. The standard InChI is InChI=1S/C58H39NO/c1-2-11-40(12-3-1)41-21-23-42(24-22-41)43-25-31-50(32-26-43)59(52-35-29-45(30-36-52)56-38-47-13-4-6-17-53(47)54-18-7-8-19-55(54)56)51-33-27-44(28-34-51)46-15-10-16-48(37-46)58-39-49-14-5-9-20-57(49)60-58/h1-39H. The molecule has 0 amide bonds. The molecule has 0 bridgehead atoms. The van der Waals surface area contributed by atoms with Crippen LogP contribution < -0.4 is 4.90 Å². The van der Waals surface area contributed by atoms with Crippen molar-refractivity contribution >= 4 is 49.6 Å². The van der Waals surface area contributed by atoms with Crippen LogP contribution in [-0.2, 0) is 0 Å². The lowest BCUT2D eigenvalue weighted by atomic mass is 9.93. The molecule has 0 spiro atoms. The number of para-hydroxylation sites is 1. The van der Waals surface area contributed by atoms with Crippen molar-refractivity contribution < 1.29 is 4.42 Å². The predicted molar refractivity (Wildman–Crippen MR) is 253 cm³/mol. The Morgan fingerprint density at radius 1 is 0.267 bits per heavy atom. The van der Waals surface area contributed by atoms with Crippen molar-refractivity contribution in [2.75, 3.05) is 4.90 Å². The van der Waals surface area contributed by atoms with Gasteiger partial charge in [0.2, 0.25) is 0 Å². The van der Waals surface area contributed by atoms with Crippen molar-refractivity contribution in [2.45, 2.75) is 0 Å². The minimum atomic E-state index is 0.872. The van der Waals surface area contributed by atoms with Gasteiger partial charge in [-0.2, -0.15) is 0 Å². The molecule has 1 heterocycles. The number of nitrogens with zero attached hydrogens (tertiary/aromatic N) is 1. The lowest BCUT2D eigenvalue weighted by Crippen LogP contribution is -2.09. The second kappa shape index (κ2) is 15.1.